The molecule has 0 radical (unpaired) electrons. The van der Waals surface area contributed by atoms with E-state index in [2.05, 4.69) is 37.0 Å². The molecule has 0 aliphatic carbocycles. The minimum atomic E-state index is 0.386. The molecule has 136 valence electrons. The smallest absolute Gasteiger partial charge is 0.0887 e. The van der Waals surface area contributed by atoms with Crippen molar-refractivity contribution in [2.75, 3.05) is 13.2 Å². The van der Waals surface area contributed by atoms with Crippen molar-refractivity contribution >= 4 is 0 Å². The second-order valence-corrected chi connectivity index (χ2v) is 6.90. The molecule has 26 heavy (non-hydrogen) atoms. The van der Waals surface area contributed by atoms with E-state index in [4.69, 9.17) is 4.74 Å². The molecule has 4 rings (SSSR count). The summed E-state index contributed by atoms with van der Waals surface area (Å²) < 4.78 is 9.92. The lowest BCUT2D eigenvalue weighted by Gasteiger charge is -2.23. The molecule has 0 unspecified atom stereocenters. The lowest BCUT2D eigenvalue weighted by molar-refractivity contribution is 0.0640. The van der Waals surface area contributed by atoms with Crippen LogP contribution in [-0.4, -0.2) is 42.6 Å². The second kappa shape index (κ2) is 7.80. The molecule has 3 aromatic rings. The average molecular weight is 352 g/mol. The summed E-state index contributed by atoms with van der Waals surface area (Å²) in [5.41, 5.74) is 3.45. The van der Waals surface area contributed by atoms with Gasteiger partial charge in [0.15, 0.2) is 0 Å². The van der Waals surface area contributed by atoms with Crippen molar-refractivity contribution in [3.63, 3.8) is 0 Å². The van der Waals surface area contributed by atoms with Crippen LogP contribution in [0.4, 0.5) is 0 Å². The summed E-state index contributed by atoms with van der Waals surface area (Å²) >= 11 is 0. The molecule has 0 amide bonds. The van der Waals surface area contributed by atoms with E-state index < -0.39 is 0 Å². The normalized spacial score (nSPS) is 17.8. The first-order valence-corrected chi connectivity index (χ1v) is 8.94. The zero-order valence-corrected chi connectivity index (χ0v) is 15.0. The summed E-state index contributed by atoms with van der Waals surface area (Å²) in [7, 11) is 1.95. The van der Waals surface area contributed by atoms with Gasteiger partial charge in [0.05, 0.1) is 30.8 Å². The maximum absolute atomic E-state index is 5.96. The van der Waals surface area contributed by atoms with Crippen LogP contribution in [0.15, 0.2) is 49.1 Å². The van der Waals surface area contributed by atoms with Crippen molar-refractivity contribution in [3.05, 3.63) is 66.0 Å². The standard InChI is InChI=1S/C19H24N6O/c1-23-9-16(8-22-23)10-24-11-17(12-25-19(13-24)5-7-21-25)14-26-15-18-4-2-3-6-20-18/h2-9,17H,10-15H2,1H3/t17-/m0/s1. The summed E-state index contributed by atoms with van der Waals surface area (Å²) in [4.78, 5) is 6.77. The lowest BCUT2D eigenvalue weighted by atomic mass is 10.1. The molecule has 1 aliphatic rings. The van der Waals surface area contributed by atoms with Gasteiger partial charge < -0.3 is 4.74 Å². The zero-order valence-electron chi connectivity index (χ0n) is 15.0. The van der Waals surface area contributed by atoms with Crippen LogP contribution in [-0.2, 0) is 38.0 Å². The predicted molar refractivity (Wildman–Crippen MR) is 96.9 cm³/mol. The molecule has 0 saturated carbocycles. The third-order valence-corrected chi connectivity index (χ3v) is 4.63. The maximum Gasteiger partial charge on any atom is 0.0887 e. The fourth-order valence-electron chi connectivity index (χ4n) is 3.47. The number of ether oxygens (including phenoxy) is 1. The third-order valence-electron chi connectivity index (χ3n) is 4.63. The Kier molecular flexibility index (Phi) is 5.08. The molecule has 0 N–H and O–H groups in total. The summed E-state index contributed by atoms with van der Waals surface area (Å²) in [6.07, 6.45) is 7.70. The van der Waals surface area contributed by atoms with Crippen molar-refractivity contribution in [2.45, 2.75) is 26.2 Å². The number of aryl methyl sites for hydroxylation is 1. The topological polar surface area (TPSA) is 61.0 Å². The largest absolute Gasteiger partial charge is 0.375 e. The van der Waals surface area contributed by atoms with Crippen LogP contribution in [0.3, 0.4) is 0 Å². The minimum absolute atomic E-state index is 0.386. The van der Waals surface area contributed by atoms with Crippen LogP contribution in [0.2, 0.25) is 0 Å². The number of hydrogen-bond acceptors (Lipinski definition) is 5. The molecular weight excluding hydrogens is 328 g/mol. The first-order valence-electron chi connectivity index (χ1n) is 8.94. The van der Waals surface area contributed by atoms with E-state index in [1.807, 2.05) is 42.3 Å². The van der Waals surface area contributed by atoms with Crippen LogP contribution in [0.25, 0.3) is 0 Å². The Balaban J connectivity index is 1.40. The molecule has 0 saturated heterocycles. The van der Waals surface area contributed by atoms with Gasteiger partial charge in [0.1, 0.15) is 0 Å². The van der Waals surface area contributed by atoms with Gasteiger partial charge in [-0.25, -0.2) is 0 Å². The van der Waals surface area contributed by atoms with E-state index >= 15 is 0 Å². The molecule has 0 fully saturated rings. The maximum atomic E-state index is 5.96. The number of hydrogen-bond donors (Lipinski definition) is 0. The summed E-state index contributed by atoms with van der Waals surface area (Å²) in [6, 6.07) is 8.01. The molecule has 7 heteroatoms. The first-order chi connectivity index (χ1) is 12.8. The molecule has 7 nitrogen and oxygen atoms in total. The van der Waals surface area contributed by atoms with Crippen molar-refractivity contribution < 1.29 is 4.74 Å². The molecule has 0 aromatic carbocycles. The Hall–Kier alpha value is -2.51. The monoisotopic (exact) mass is 352 g/mol. The average Bonchev–Trinajstić information content (AvgIpc) is 3.21. The van der Waals surface area contributed by atoms with Crippen LogP contribution >= 0.6 is 0 Å². The predicted octanol–water partition coefficient (Wildman–Crippen LogP) is 1.86. The van der Waals surface area contributed by atoms with Crippen molar-refractivity contribution in [1.82, 2.24) is 29.4 Å². The highest BCUT2D eigenvalue weighted by Crippen LogP contribution is 2.18. The second-order valence-electron chi connectivity index (χ2n) is 6.90. The molecule has 3 aromatic heterocycles. The fraction of sp³-hybridized carbons (Fsp3) is 0.421. The highest BCUT2D eigenvalue weighted by molar-refractivity contribution is 5.07. The van der Waals surface area contributed by atoms with E-state index in [9.17, 15) is 0 Å². The van der Waals surface area contributed by atoms with Crippen LogP contribution < -0.4 is 0 Å². The number of nitrogens with zero attached hydrogens (tertiary/aromatic N) is 6. The molecule has 4 heterocycles. The van der Waals surface area contributed by atoms with Gasteiger partial charge in [0.2, 0.25) is 0 Å². The van der Waals surface area contributed by atoms with E-state index in [1.165, 1.54) is 11.3 Å². The molecule has 0 spiro atoms. The molecular formula is C19H24N6O. The van der Waals surface area contributed by atoms with Gasteiger partial charge in [-0.1, -0.05) is 6.07 Å². The third kappa shape index (κ3) is 4.17. The number of fused-ring (bicyclic) bond motifs is 1. The van der Waals surface area contributed by atoms with Crippen molar-refractivity contribution in [1.29, 1.82) is 0 Å². The van der Waals surface area contributed by atoms with Crippen molar-refractivity contribution in [2.24, 2.45) is 13.0 Å². The quantitative estimate of drug-likeness (QED) is 0.678. The highest BCUT2D eigenvalue weighted by atomic mass is 16.5. The minimum Gasteiger partial charge on any atom is -0.375 e. The molecule has 1 aliphatic heterocycles. The Morgan fingerprint density at radius 3 is 2.92 bits per heavy atom. The SMILES string of the molecule is Cn1cc(CN2Cc3ccnn3C[C@@H](COCc3ccccn3)C2)cn1. The number of pyridine rings is 1. The Bertz CT molecular complexity index is 827. The summed E-state index contributed by atoms with van der Waals surface area (Å²) in [5.74, 6) is 0.386. The van der Waals surface area contributed by atoms with E-state index in [0.717, 1.165) is 31.9 Å². The van der Waals surface area contributed by atoms with Gasteiger partial charge in [-0.3, -0.25) is 19.2 Å². The Morgan fingerprint density at radius 2 is 2.12 bits per heavy atom. The summed E-state index contributed by atoms with van der Waals surface area (Å²) in [6.45, 7) is 4.88. The van der Waals surface area contributed by atoms with Crippen LogP contribution in [0, 0.1) is 5.92 Å². The van der Waals surface area contributed by atoms with Crippen molar-refractivity contribution in [3.8, 4) is 0 Å². The molecule has 0 bridgehead atoms. The highest BCUT2D eigenvalue weighted by Gasteiger charge is 2.23. The van der Waals surface area contributed by atoms with Crippen LogP contribution in [0.5, 0.6) is 0 Å². The Morgan fingerprint density at radius 1 is 1.15 bits per heavy atom. The van der Waals surface area contributed by atoms with E-state index in [1.54, 1.807) is 6.20 Å². The zero-order chi connectivity index (χ0) is 17.8. The van der Waals surface area contributed by atoms with E-state index in [-0.39, 0.29) is 0 Å². The van der Waals surface area contributed by atoms with Gasteiger partial charge in [0, 0.05) is 63.3 Å². The number of rotatable bonds is 6. The molecule has 1 atom stereocenters. The van der Waals surface area contributed by atoms with Gasteiger partial charge in [-0.2, -0.15) is 10.2 Å². The van der Waals surface area contributed by atoms with Gasteiger partial charge in [-0.15, -0.1) is 0 Å². The van der Waals surface area contributed by atoms with Crippen LogP contribution in [0.1, 0.15) is 17.0 Å². The van der Waals surface area contributed by atoms with Gasteiger partial charge in [0.25, 0.3) is 0 Å². The fourth-order valence-corrected chi connectivity index (χ4v) is 3.47. The van der Waals surface area contributed by atoms with Gasteiger partial charge >= 0.3 is 0 Å². The number of aromatic nitrogens is 5. The lowest BCUT2D eigenvalue weighted by Crippen LogP contribution is -2.30. The van der Waals surface area contributed by atoms with Gasteiger partial charge in [-0.05, 0) is 18.2 Å². The summed E-state index contributed by atoms with van der Waals surface area (Å²) in [5, 5.41) is 8.77. The Labute approximate surface area is 153 Å². The van der Waals surface area contributed by atoms with E-state index in [0.29, 0.717) is 19.1 Å². The first kappa shape index (κ1) is 16.9.